The lowest BCUT2D eigenvalue weighted by molar-refractivity contribution is -0.111. The lowest BCUT2D eigenvalue weighted by Gasteiger charge is -2.09. The predicted octanol–water partition coefficient (Wildman–Crippen LogP) is 3.11. The number of nitrogens with one attached hydrogen (secondary N) is 2. The molecule has 2 amide bonds. The van der Waals surface area contributed by atoms with Crippen LogP contribution in [-0.4, -0.2) is 28.1 Å². The molecule has 0 atom stereocenters. The van der Waals surface area contributed by atoms with Crippen molar-refractivity contribution in [3.8, 4) is 0 Å². The quantitative estimate of drug-likeness (QED) is 0.777. The van der Waals surface area contributed by atoms with Gasteiger partial charge in [0.2, 0.25) is 5.91 Å². The van der Waals surface area contributed by atoms with Crippen LogP contribution in [0.5, 0.6) is 0 Å². The third-order valence-electron chi connectivity index (χ3n) is 3.40. The van der Waals surface area contributed by atoms with E-state index in [9.17, 15) is 9.59 Å². The zero-order valence-corrected chi connectivity index (χ0v) is 15.2. The van der Waals surface area contributed by atoms with Crippen molar-refractivity contribution in [2.75, 3.05) is 11.9 Å². The first-order valence-corrected chi connectivity index (χ1v) is 8.30. The zero-order chi connectivity index (χ0) is 18.4. The number of carbonyl (C=O) groups is 2. The second kappa shape index (κ2) is 8.48. The number of anilines is 1. The fourth-order valence-corrected chi connectivity index (χ4v) is 2.33. The van der Waals surface area contributed by atoms with E-state index in [-0.39, 0.29) is 11.8 Å². The van der Waals surface area contributed by atoms with Gasteiger partial charge in [-0.05, 0) is 23.6 Å². The summed E-state index contributed by atoms with van der Waals surface area (Å²) in [6.45, 7) is 4.56. The van der Waals surface area contributed by atoms with Crippen LogP contribution in [0.15, 0.2) is 36.5 Å². The van der Waals surface area contributed by atoms with E-state index >= 15 is 0 Å². The van der Waals surface area contributed by atoms with Crippen molar-refractivity contribution in [2.45, 2.75) is 13.8 Å². The summed E-state index contributed by atoms with van der Waals surface area (Å²) in [4.78, 5) is 24.4. The molecular formula is C18H21ClN4O2. The van der Waals surface area contributed by atoms with Gasteiger partial charge in [0, 0.05) is 24.7 Å². The van der Waals surface area contributed by atoms with Crippen LogP contribution >= 0.6 is 11.6 Å². The largest absolute Gasteiger partial charge is 0.350 e. The first-order chi connectivity index (χ1) is 11.9. The van der Waals surface area contributed by atoms with Gasteiger partial charge in [-0.15, -0.1) is 0 Å². The molecule has 1 aromatic carbocycles. The predicted molar refractivity (Wildman–Crippen MR) is 99.5 cm³/mol. The molecule has 2 aromatic rings. The van der Waals surface area contributed by atoms with Crippen LogP contribution in [0.4, 0.5) is 5.69 Å². The lowest BCUT2D eigenvalue weighted by Crippen LogP contribution is -2.30. The second-order valence-corrected chi connectivity index (χ2v) is 6.39. The lowest BCUT2D eigenvalue weighted by atomic mass is 10.2. The minimum atomic E-state index is -0.370. The Morgan fingerprint density at radius 3 is 2.72 bits per heavy atom. The smallest absolute Gasteiger partial charge is 0.271 e. The molecule has 1 heterocycles. The molecule has 0 aliphatic carbocycles. The monoisotopic (exact) mass is 360 g/mol. The third-order valence-corrected chi connectivity index (χ3v) is 3.75. The minimum absolute atomic E-state index is 0.279. The molecular weight excluding hydrogens is 340 g/mol. The van der Waals surface area contributed by atoms with Crippen LogP contribution in [0.2, 0.25) is 5.02 Å². The van der Waals surface area contributed by atoms with Crippen LogP contribution in [0, 0.1) is 5.92 Å². The number of amides is 2. The van der Waals surface area contributed by atoms with Crippen LogP contribution < -0.4 is 10.6 Å². The number of aromatic nitrogens is 2. The number of nitrogens with zero attached hydrogens (tertiary/aromatic N) is 2. The summed E-state index contributed by atoms with van der Waals surface area (Å²) < 4.78 is 1.43. The average molecular weight is 361 g/mol. The van der Waals surface area contributed by atoms with E-state index in [0.29, 0.717) is 28.9 Å². The van der Waals surface area contributed by atoms with Crippen molar-refractivity contribution in [1.82, 2.24) is 15.1 Å². The third kappa shape index (κ3) is 5.19. The van der Waals surface area contributed by atoms with Gasteiger partial charge in [-0.2, -0.15) is 5.10 Å². The summed E-state index contributed by atoms with van der Waals surface area (Å²) in [5.74, 6) is -0.321. The maximum atomic E-state index is 12.3. The van der Waals surface area contributed by atoms with E-state index in [2.05, 4.69) is 15.7 Å². The SMILES string of the molecule is CC(C)CNC(=O)c1c(NC(=O)/C=C/c2ccccc2Cl)cnn1C. The molecule has 0 saturated heterocycles. The van der Waals surface area contributed by atoms with Gasteiger partial charge in [-0.3, -0.25) is 14.3 Å². The Kier molecular flexibility index (Phi) is 6.36. The molecule has 0 unspecified atom stereocenters. The Labute approximate surface area is 151 Å². The van der Waals surface area contributed by atoms with Crippen LogP contribution in [0.1, 0.15) is 29.9 Å². The molecule has 1 aromatic heterocycles. The Bertz CT molecular complexity index is 796. The van der Waals surface area contributed by atoms with Gasteiger partial charge in [0.25, 0.3) is 5.91 Å². The van der Waals surface area contributed by atoms with E-state index < -0.39 is 0 Å². The summed E-state index contributed by atoms with van der Waals surface area (Å²) in [7, 11) is 1.65. The second-order valence-electron chi connectivity index (χ2n) is 5.98. The van der Waals surface area contributed by atoms with Gasteiger partial charge in [-0.1, -0.05) is 43.6 Å². The highest BCUT2D eigenvalue weighted by Crippen LogP contribution is 2.17. The normalized spacial score (nSPS) is 11.1. The maximum absolute atomic E-state index is 12.3. The van der Waals surface area contributed by atoms with Gasteiger partial charge in [0.15, 0.2) is 0 Å². The summed E-state index contributed by atoms with van der Waals surface area (Å²) >= 11 is 6.05. The van der Waals surface area contributed by atoms with Crippen LogP contribution in [-0.2, 0) is 11.8 Å². The fraction of sp³-hybridized carbons (Fsp3) is 0.278. The molecule has 6 nitrogen and oxygen atoms in total. The maximum Gasteiger partial charge on any atom is 0.271 e. The molecule has 0 aliphatic heterocycles. The van der Waals surface area contributed by atoms with E-state index in [1.165, 1.54) is 17.0 Å². The topological polar surface area (TPSA) is 76.0 Å². The van der Waals surface area contributed by atoms with Gasteiger partial charge in [0.1, 0.15) is 5.69 Å². The number of hydrogen-bond acceptors (Lipinski definition) is 3. The molecule has 0 bridgehead atoms. The molecule has 2 N–H and O–H groups in total. The number of rotatable bonds is 6. The molecule has 132 valence electrons. The number of carbonyl (C=O) groups excluding carboxylic acids is 2. The average Bonchev–Trinajstić information content (AvgIpc) is 2.92. The van der Waals surface area contributed by atoms with Crippen LogP contribution in [0.25, 0.3) is 6.08 Å². The molecule has 0 spiro atoms. The van der Waals surface area contributed by atoms with Crippen molar-refractivity contribution < 1.29 is 9.59 Å². The Hall–Kier alpha value is -2.60. The Morgan fingerprint density at radius 1 is 1.32 bits per heavy atom. The number of hydrogen-bond donors (Lipinski definition) is 2. The molecule has 0 saturated carbocycles. The number of benzene rings is 1. The van der Waals surface area contributed by atoms with Crippen molar-refractivity contribution in [3.63, 3.8) is 0 Å². The van der Waals surface area contributed by atoms with Crippen molar-refractivity contribution in [3.05, 3.63) is 52.8 Å². The zero-order valence-electron chi connectivity index (χ0n) is 14.4. The summed E-state index contributed by atoms with van der Waals surface area (Å²) in [6, 6.07) is 7.21. The minimum Gasteiger partial charge on any atom is -0.350 e. The molecule has 0 radical (unpaired) electrons. The van der Waals surface area contributed by atoms with Crippen LogP contribution in [0.3, 0.4) is 0 Å². The highest BCUT2D eigenvalue weighted by molar-refractivity contribution is 6.32. The Balaban J connectivity index is 2.09. The van der Waals surface area contributed by atoms with E-state index in [1.54, 1.807) is 25.3 Å². The molecule has 7 heteroatoms. The van der Waals surface area contributed by atoms with E-state index in [4.69, 9.17) is 11.6 Å². The van der Waals surface area contributed by atoms with Gasteiger partial charge >= 0.3 is 0 Å². The van der Waals surface area contributed by atoms with Gasteiger partial charge < -0.3 is 10.6 Å². The highest BCUT2D eigenvalue weighted by atomic mass is 35.5. The number of aryl methyl sites for hydroxylation is 1. The summed E-state index contributed by atoms with van der Waals surface area (Å²) in [5, 5.41) is 10.1. The number of halogens is 1. The van der Waals surface area contributed by atoms with E-state index in [1.807, 2.05) is 26.0 Å². The molecule has 0 aliphatic rings. The van der Waals surface area contributed by atoms with Gasteiger partial charge in [-0.25, -0.2) is 0 Å². The summed E-state index contributed by atoms with van der Waals surface area (Å²) in [6.07, 6.45) is 4.43. The van der Waals surface area contributed by atoms with Gasteiger partial charge in [0.05, 0.1) is 11.9 Å². The molecule has 2 rings (SSSR count). The molecule has 0 fully saturated rings. The highest BCUT2D eigenvalue weighted by Gasteiger charge is 2.18. The Morgan fingerprint density at radius 2 is 2.04 bits per heavy atom. The first-order valence-electron chi connectivity index (χ1n) is 7.92. The fourth-order valence-electron chi connectivity index (χ4n) is 2.13. The first kappa shape index (κ1) is 18.7. The standard InChI is InChI=1S/C18H21ClN4O2/c1-12(2)10-20-18(25)17-15(11-21-23(17)3)22-16(24)9-8-13-6-4-5-7-14(13)19/h4-9,11-12H,10H2,1-3H3,(H,20,25)(H,22,24)/b9-8+. The van der Waals surface area contributed by atoms with Crippen molar-refractivity contribution in [2.24, 2.45) is 13.0 Å². The summed E-state index contributed by atoms with van der Waals surface area (Å²) in [5.41, 5.74) is 1.40. The molecule has 25 heavy (non-hydrogen) atoms. The van der Waals surface area contributed by atoms with E-state index in [0.717, 1.165) is 5.56 Å². The van der Waals surface area contributed by atoms with Crippen molar-refractivity contribution in [1.29, 1.82) is 0 Å². The van der Waals surface area contributed by atoms with Crippen molar-refractivity contribution >= 4 is 35.2 Å².